The van der Waals surface area contributed by atoms with Crippen LogP contribution in [0, 0.1) is 0 Å². The fraction of sp³-hybridized carbons (Fsp3) is 0.154. The average molecular weight is 230 g/mol. The van der Waals surface area contributed by atoms with E-state index in [0.29, 0.717) is 6.61 Å². The van der Waals surface area contributed by atoms with Crippen LogP contribution in [0.1, 0.15) is 6.92 Å². The summed E-state index contributed by atoms with van der Waals surface area (Å²) in [6, 6.07) is 9.30. The number of rotatable bonds is 3. The Morgan fingerprint density at radius 2 is 1.94 bits per heavy atom. The van der Waals surface area contributed by atoms with E-state index in [9.17, 15) is 4.79 Å². The molecule has 0 aliphatic heterocycles. The minimum atomic E-state index is -0.264. The lowest BCUT2D eigenvalue weighted by molar-refractivity contribution is 0.340. The quantitative estimate of drug-likeness (QED) is 0.847. The van der Waals surface area contributed by atoms with Gasteiger partial charge in [-0.15, -0.1) is 0 Å². The first kappa shape index (κ1) is 11.3. The van der Waals surface area contributed by atoms with Gasteiger partial charge >= 0.3 is 0 Å². The van der Waals surface area contributed by atoms with Crippen molar-refractivity contribution in [2.24, 2.45) is 0 Å². The highest BCUT2D eigenvalue weighted by atomic mass is 16.5. The predicted molar refractivity (Wildman–Crippen MR) is 68.1 cm³/mol. The van der Waals surface area contributed by atoms with Crippen LogP contribution in [0.5, 0.6) is 5.75 Å². The number of aromatic nitrogens is 1. The summed E-state index contributed by atoms with van der Waals surface area (Å²) < 4.78 is 5.36. The van der Waals surface area contributed by atoms with E-state index in [1.54, 1.807) is 12.3 Å². The Morgan fingerprint density at radius 3 is 2.53 bits per heavy atom. The van der Waals surface area contributed by atoms with Crippen LogP contribution in [-0.4, -0.2) is 11.6 Å². The molecule has 0 spiro atoms. The minimum Gasteiger partial charge on any atom is -0.494 e. The molecule has 0 saturated carbocycles. The topological polar surface area (TPSA) is 68.1 Å². The molecule has 1 aromatic heterocycles. The van der Waals surface area contributed by atoms with E-state index in [1.807, 2.05) is 31.2 Å². The first-order valence-electron chi connectivity index (χ1n) is 5.42. The second-order valence-electron chi connectivity index (χ2n) is 3.63. The molecule has 17 heavy (non-hydrogen) atoms. The Balaban J connectivity index is 2.33. The highest BCUT2D eigenvalue weighted by molar-refractivity contribution is 5.66. The molecule has 1 heterocycles. The van der Waals surface area contributed by atoms with Crippen LogP contribution in [0.3, 0.4) is 0 Å². The first-order chi connectivity index (χ1) is 8.20. The molecule has 88 valence electrons. The molecule has 2 rings (SSSR count). The Morgan fingerprint density at radius 1 is 1.24 bits per heavy atom. The monoisotopic (exact) mass is 230 g/mol. The molecule has 4 nitrogen and oxygen atoms in total. The van der Waals surface area contributed by atoms with Gasteiger partial charge in [0.15, 0.2) is 0 Å². The summed E-state index contributed by atoms with van der Waals surface area (Å²) in [5, 5.41) is 0. The van der Waals surface area contributed by atoms with Gasteiger partial charge in [-0.1, -0.05) is 12.1 Å². The van der Waals surface area contributed by atoms with Crippen molar-refractivity contribution >= 4 is 5.69 Å². The highest BCUT2D eigenvalue weighted by Gasteiger charge is 2.01. The van der Waals surface area contributed by atoms with Gasteiger partial charge in [-0.05, 0) is 30.7 Å². The molecule has 2 aromatic rings. The summed E-state index contributed by atoms with van der Waals surface area (Å²) in [7, 11) is 0. The fourth-order valence-electron chi connectivity index (χ4n) is 1.58. The lowest BCUT2D eigenvalue weighted by atomic mass is 10.1. The molecule has 4 heteroatoms. The van der Waals surface area contributed by atoms with Crippen molar-refractivity contribution in [2.45, 2.75) is 6.92 Å². The maximum absolute atomic E-state index is 11.1. The van der Waals surface area contributed by atoms with Crippen molar-refractivity contribution in [3.05, 3.63) is 46.9 Å². The van der Waals surface area contributed by atoms with E-state index in [1.165, 1.54) is 0 Å². The lowest BCUT2D eigenvalue weighted by Gasteiger charge is -2.05. The number of nitrogen functional groups attached to an aromatic ring is 1. The number of pyridine rings is 1. The van der Waals surface area contributed by atoms with Gasteiger partial charge in [-0.2, -0.15) is 0 Å². The fourth-order valence-corrected chi connectivity index (χ4v) is 1.58. The second kappa shape index (κ2) is 4.74. The Bertz CT molecular complexity index is 558. The third-order valence-electron chi connectivity index (χ3n) is 2.43. The summed E-state index contributed by atoms with van der Waals surface area (Å²) in [5.74, 6) is 0.827. The molecule has 0 amide bonds. The molecule has 0 aliphatic rings. The van der Waals surface area contributed by atoms with E-state index in [2.05, 4.69) is 4.98 Å². The third kappa shape index (κ3) is 2.47. The molecular weight excluding hydrogens is 216 g/mol. The molecule has 0 bridgehead atoms. The SMILES string of the molecule is CCOc1ccc(-c2c[nH]c(=O)c(N)c2)cc1. The molecule has 0 aliphatic carbocycles. The predicted octanol–water partition coefficient (Wildman–Crippen LogP) is 2.02. The van der Waals surface area contributed by atoms with Crippen molar-refractivity contribution in [3.8, 4) is 16.9 Å². The van der Waals surface area contributed by atoms with Gasteiger partial charge in [-0.25, -0.2) is 0 Å². The maximum atomic E-state index is 11.1. The van der Waals surface area contributed by atoms with E-state index in [4.69, 9.17) is 10.5 Å². The number of anilines is 1. The Hall–Kier alpha value is -2.23. The smallest absolute Gasteiger partial charge is 0.271 e. The molecule has 0 saturated heterocycles. The van der Waals surface area contributed by atoms with Gasteiger partial charge < -0.3 is 15.5 Å². The van der Waals surface area contributed by atoms with Crippen LogP contribution in [0.2, 0.25) is 0 Å². The normalized spacial score (nSPS) is 10.2. The van der Waals surface area contributed by atoms with Crippen LogP contribution in [0.4, 0.5) is 5.69 Å². The summed E-state index contributed by atoms with van der Waals surface area (Å²) >= 11 is 0. The van der Waals surface area contributed by atoms with Crippen molar-refractivity contribution in [1.82, 2.24) is 4.98 Å². The number of nitrogens with one attached hydrogen (secondary N) is 1. The van der Waals surface area contributed by atoms with Gasteiger partial charge in [-0.3, -0.25) is 4.79 Å². The van der Waals surface area contributed by atoms with Crippen LogP contribution in [-0.2, 0) is 0 Å². The zero-order valence-corrected chi connectivity index (χ0v) is 9.57. The van der Waals surface area contributed by atoms with Crippen LogP contribution >= 0.6 is 0 Å². The summed E-state index contributed by atoms with van der Waals surface area (Å²) in [6.45, 7) is 2.58. The maximum Gasteiger partial charge on any atom is 0.271 e. The largest absolute Gasteiger partial charge is 0.494 e. The first-order valence-corrected chi connectivity index (χ1v) is 5.42. The van der Waals surface area contributed by atoms with Crippen LogP contribution < -0.4 is 16.0 Å². The van der Waals surface area contributed by atoms with Crippen molar-refractivity contribution in [2.75, 3.05) is 12.3 Å². The van der Waals surface area contributed by atoms with Gasteiger partial charge in [0, 0.05) is 11.8 Å². The van der Waals surface area contributed by atoms with Crippen LogP contribution in [0.25, 0.3) is 11.1 Å². The molecule has 0 atom stereocenters. The van der Waals surface area contributed by atoms with E-state index >= 15 is 0 Å². The van der Waals surface area contributed by atoms with Gasteiger partial charge in [0.2, 0.25) is 0 Å². The van der Waals surface area contributed by atoms with E-state index in [0.717, 1.165) is 16.9 Å². The Labute approximate surface area is 99.1 Å². The number of H-pyrrole nitrogens is 1. The van der Waals surface area contributed by atoms with Crippen molar-refractivity contribution in [3.63, 3.8) is 0 Å². The van der Waals surface area contributed by atoms with Crippen LogP contribution in [0.15, 0.2) is 41.3 Å². The van der Waals surface area contributed by atoms with Crippen molar-refractivity contribution < 1.29 is 4.74 Å². The minimum absolute atomic E-state index is 0.219. The zero-order valence-electron chi connectivity index (χ0n) is 9.57. The lowest BCUT2D eigenvalue weighted by Crippen LogP contribution is -2.10. The number of aromatic amines is 1. The zero-order chi connectivity index (χ0) is 12.3. The number of hydrogen-bond donors (Lipinski definition) is 2. The third-order valence-corrected chi connectivity index (χ3v) is 2.43. The summed E-state index contributed by atoms with van der Waals surface area (Å²) in [4.78, 5) is 13.7. The highest BCUT2D eigenvalue weighted by Crippen LogP contribution is 2.22. The number of ether oxygens (including phenoxy) is 1. The Kier molecular flexibility index (Phi) is 3.14. The second-order valence-corrected chi connectivity index (χ2v) is 3.63. The molecule has 0 fully saturated rings. The van der Waals surface area contributed by atoms with E-state index in [-0.39, 0.29) is 11.2 Å². The average Bonchev–Trinajstić information content (AvgIpc) is 2.34. The number of nitrogens with two attached hydrogens (primary N) is 1. The van der Waals surface area contributed by atoms with Gasteiger partial charge in [0.1, 0.15) is 5.75 Å². The number of hydrogen-bond acceptors (Lipinski definition) is 3. The molecule has 0 unspecified atom stereocenters. The number of benzene rings is 1. The molecule has 0 radical (unpaired) electrons. The van der Waals surface area contributed by atoms with E-state index < -0.39 is 0 Å². The molecular formula is C13H14N2O2. The summed E-state index contributed by atoms with van der Waals surface area (Å²) in [5.41, 5.74) is 7.38. The standard InChI is InChI=1S/C13H14N2O2/c1-2-17-11-5-3-9(4-6-11)10-7-12(14)13(16)15-8-10/h3-8H,2,14H2,1H3,(H,15,16). The molecule has 1 aromatic carbocycles. The van der Waals surface area contributed by atoms with Crippen molar-refractivity contribution in [1.29, 1.82) is 0 Å². The van der Waals surface area contributed by atoms with Gasteiger partial charge in [0.05, 0.1) is 12.3 Å². The summed E-state index contributed by atoms with van der Waals surface area (Å²) in [6.07, 6.45) is 1.65. The van der Waals surface area contributed by atoms with Gasteiger partial charge in [0.25, 0.3) is 5.56 Å². The molecule has 3 N–H and O–H groups in total.